The van der Waals surface area contributed by atoms with Gasteiger partial charge in [-0.2, -0.15) is 4.31 Å². The van der Waals surface area contributed by atoms with Crippen molar-refractivity contribution in [3.8, 4) is 0 Å². The predicted molar refractivity (Wildman–Crippen MR) is 77.4 cm³/mol. The average Bonchev–Trinajstić information content (AvgIpc) is 2.98. The van der Waals surface area contributed by atoms with E-state index in [9.17, 15) is 16.8 Å². The van der Waals surface area contributed by atoms with Gasteiger partial charge in [0.15, 0.2) is 0 Å². The maximum atomic E-state index is 12.7. The highest BCUT2D eigenvalue weighted by atomic mass is 32.2. The number of rotatable bonds is 3. The predicted octanol–water partition coefficient (Wildman–Crippen LogP) is 0.755. The van der Waals surface area contributed by atoms with E-state index in [4.69, 9.17) is 5.14 Å². The van der Waals surface area contributed by atoms with Crippen LogP contribution in [0.15, 0.2) is 34.1 Å². The first-order valence-electron chi connectivity index (χ1n) is 6.92. The topological polar surface area (TPSA) is 97.5 Å². The summed E-state index contributed by atoms with van der Waals surface area (Å²) in [6.07, 6.45) is 3.25. The molecule has 1 heterocycles. The van der Waals surface area contributed by atoms with Crippen molar-refractivity contribution in [1.82, 2.24) is 4.31 Å². The molecule has 0 amide bonds. The van der Waals surface area contributed by atoms with Gasteiger partial charge in [0.05, 0.1) is 0 Å². The maximum Gasteiger partial charge on any atom is 0.244 e. The number of fused-ring (bicyclic) bond motifs is 1. The van der Waals surface area contributed by atoms with E-state index in [0.29, 0.717) is 24.9 Å². The van der Waals surface area contributed by atoms with Crippen LogP contribution in [0.4, 0.5) is 0 Å². The molecule has 116 valence electrons. The fourth-order valence-corrected chi connectivity index (χ4v) is 6.33. The van der Waals surface area contributed by atoms with Gasteiger partial charge in [0, 0.05) is 13.1 Å². The molecule has 1 aromatic carbocycles. The maximum absolute atomic E-state index is 12.7. The van der Waals surface area contributed by atoms with Crippen LogP contribution in [0.2, 0.25) is 0 Å². The number of hydrogen-bond acceptors (Lipinski definition) is 4. The normalized spacial score (nSPS) is 26.9. The Hall–Kier alpha value is -0.960. The summed E-state index contributed by atoms with van der Waals surface area (Å²) in [7, 11) is -7.89. The van der Waals surface area contributed by atoms with Crippen molar-refractivity contribution in [3.63, 3.8) is 0 Å². The van der Waals surface area contributed by atoms with Crippen LogP contribution in [-0.4, -0.2) is 34.2 Å². The second-order valence-electron chi connectivity index (χ2n) is 5.76. The average molecular weight is 330 g/mol. The van der Waals surface area contributed by atoms with Crippen molar-refractivity contribution < 1.29 is 16.8 Å². The molecule has 0 radical (unpaired) electrons. The van der Waals surface area contributed by atoms with Gasteiger partial charge >= 0.3 is 0 Å². The highest BCUT2D eigenvalue weighted by Crippen LogP contribution is 2.40. The molecule has 2 unspecified atom stereocenters. The van der Waals surface area contributed by atoms with Crippen molar-refractivity contribution in [2.75, 3.05) is 13.1 Å². The molecule has 8 heteroatoms. The molecule has 2 fully saturated rings. The Bertz CT molecular complexity index is 746. The molecule has 0 spiro atoms. The summed E-state index contributed by atoms with van der Waals surface area (Å²) in [6, 6.07) is 5.53. The van der Waals surface area contributed by atoms with E-state index < -0.39 is 20.0 Å². The molecule has 0 aromatic heterocycles. The smallest absolute Gasteiger partial charge is 0.225 e. The third-order valence-electron chi connectivity index (χ3n) is 4.47. The second kappa shape index (κ2) is 5.05. The molecule has 1 saturated carbocycles. The monoisotopic (exact) mass is 330 g/mol. The minimum Gasteiger partial charge on any atom is -0.225 e. The van der Waals surface area contributed by atoms with Crippen LogP contribution in [0.25, 0.3) is 0 Å². The molecule has 1 aliphatic carbocycles. The van der Waals surface area contributed by atoms with Gasteiger partial charge in [0.1, 0.15) is 9.79 Å². The minimum atomic E-state index is -4.07. The van der Waals surface area contributed by atoms with Crippen LogP contribution >= 0.6 is 0 Å². The first-order chi connectivity index (χ1) is 9.80. The third kappa shape index (κ3) is 2.61. The van der Waals surface area contributed by atoms with Gasteiger partial charge in [0.2, 0.25) is 20.0 Å². The van der Waals surface area contributed by atoms with Crippen LogP contribution < -0.4 is 5.14 Å². The lowest BCUT2D eigenvalue weighted by Gasteiger charge is -2.18. The van der Waals surface area contributed by atoms with Gasteiger partial charge in [-0.05, 0) is 36.8 Å². The fraction of sp³-hybridized carbons (Fsp3) is 0.538. The molecule has 3 rings (SSSR count). The van der Waals surface area contributed by atoms with E-state index in [1.807, 2.05) is 0 Å². The minimum absolute atomic E-state index is 0.215. The molecule has 2 aliphatic rings. The standard InChI is InChI=1S/C13H18N2O4S2/c14-20(16,17)12-6-1-2-7-13(12)21(18,19)15-8-10-4-3-5-11(10)9-15/h1-2,6-7,10-11H,3-5,8-9H2,(H2,14,16,17). The molecule has 6 nitrogen and oxygen atoms in total. The van der Waals surface area contributed by atoms with Gasteiger partial charge < -0.3 is 0 Å². The zero-order chi connectivity index (χ0) is 15.3. The second-order valence-corrected chi connectivity index (χ2v) is 9.20. The molecular weight excluding hydrogens is 312 g/mol. The molecular formula is C13H18N2O4S2. The van der Waals surface area contributed by atoms with Crippen molar-refractivity contribution in [1.29, 1.82) is 0 Å². The van der Waals surface area contributed by atoms with Crippen LogP contribution in [0.5, 0.6) is 0 Å². The van der Waals surface area contributed by atoms with Crippen LogP contribution in [-0.2, 0) is 20.0 Å². The summed E-state index contributed by atoms with van der Waals surface area (Å²) in [6.45, 7) is 0.956. The Morgan fingerprint density at radius 1 is 0.952 bits per heavy atom. The summed E-state index contributed by atoms with van der Waals surface area (Å²) in [4.78, 5) is -0.547. The summed E-state index contributed by atoms with van der Waals surface area (Å²) in [5, 5.41) is 5.13. The summed E-state index contributed by atoms with van der Waals surface area (Å²) >= 11 is 0. The van der Waals surface area contributed by atoms with Gasteiger partial charge in [0.25, 0.3) is 0 Å². The van der Waals surface area contributed by atoms with Gasteiger partial charge in [-0.15, -0.1) is 0 Å². The lowest BCUT2D eigenvalue weighted by molar-refractivity contribution is 0.443. The number of nitrogens with zero attached hydrogens (tertiary/aromatic N) is 1. The first-order valence-corrected chi connectivity index (χ1v) is 9.91. The summed E-state index contributed by atoms with van der Waals surface area (Å²) in [5.41, 5.74) is 0. The molecule has 2 N–H and O–H groups in total. The summed E-state index contributed by atoms with van der Waals surface area (Å²) < 4.78 is 50.1. The van der Waals surface area contributed by atoms with Gasteiger partial charge in [-0.1, -0.05) is 18.6 Å². The lowest BCUT2D eigenvalue weighted by atomic mass is 10.0. The van der Waals surface area contributed by atoms with Crippen molar-refractivity contribution in [2.45, 2.75) is 29.1 Å². The molecule has 2 atom stereocenters. The number of sulfonamides is 2. The number of nitrogens with two attached hydrogens (primary N) is 1. The Morgan fingerprint density at radius 3 is 2.00 bits per heavy atom. The van der Waals surface area contributed by atoms with E-state index in [1.54, 1.807) is 0 Å². The number of hydrogen-bond donors (Lipinski definition) is 1. The molecule has 1 aromatic rings. The number of benzene rings is 1. The lowest BCUT2D eigenvalue weighted by Crippen LogP contribution is -2.31. The number of primary sulfonamides is 1. The SMILES string of the molecule is NS(=O)(=O)c1ccccc1S(=O)(=O)N1CC2CCCC2C1. The van der Waals surface area contributed by atoms with Crippen molar-refractivity contribution in [3.05, 3.63) is 24.3 Å². The Morgan fingerprint density at radius 2 is 1.48 bits per heavy atom. The zero-order valence-electron chi connectivity index (χ0n) is 11.5. The summed E-state index contributed by atoms with van der Waals surface area (Å²) in [5.74, 6) is 0.808. The molecule has 21 heavy (non-hydrogen) atoms. The van der Waals surface area contributed by atoms with E-state index in [1.165, 1.54) is 28.6 Å². The van der Waals surface area contributed by atoms with Crippen molar-refractivity contribution >= 4 is 20.0 Å². The van der Waals surface area contributed by atoms with E-state index >= 15 is 0 Å². The molecule has 0 bridgehead atoms. The third-order valence-corrected chi connectivity index (χ3v) is 7.45. The molecule has 1 aliphatic heterocycles. The van der Waals surface area contributed by atoms with Crippen LogP contribution in [0, 0.1) is 11.8 Å². The van der Waals surface area contributed by atoms with Crippen LogP contribution in [0.3, 0.4) is 0 Å². The highest BCUT2D eigenvalue weighted by molar-refractivity contribution is 7.92. The molecule has 1 saturated heterocycles. The largest absolute Gasteiger partial charge is 0.244 e. The van der Waals surface area contributed by atoms with Gasteiger partial charge in [-0.3, -0.25) is 0 Å². The van der Waals surface area contributed by atoms with E-state index in [-0.39, 0.29) is 9.79 Å². The van der Waals surface area contributed by atoms with Gasteiger partial charge in [-0.25, -0.2) is 22.0 Å². The Labute approximate surface area is 125 Å². The van der Waals surface area contributed by atoms with Crippen molar-refractivity contribution in [2.24, 2.45) is 17.0 Å². The quantitative estimate of drug-likeness (QED) is 0.884. The van der Waals surface area contributed by atoms with Crippen LogP contribution in [0.1, 0.15) is 19.3 Å². The first kappa shape index (κ1) is 15.0. The Kier molecular flexibility index (Phi) is 3.59. The Balaban J connectivity index is 2.00. The van der Waals surface area contributed by atoms with E-state index in [0.717, 1.165) is 19.3 Å². The van der Waals surface area contributed by atoms with E-state index in [2.05, 4.69) is 0 Å². The highest BCUT2D eigenvalue weighted by Gasteiger charge is 2.42. The fourth-order valence-electron chi connectivity index (χ4n) is 3.43. The zero-order valence-corrected chi connectivity index (χ0v) is 13.1.